The third-order valence-corrected chi connectivity index (χ3v) is 8.38. The van der Waals surface area contributed by atoms with Gasteiger partial charge < -0.3 is 24.4 Å². The lowest BCUT2D eigenvalue weighted by molar-refractivity contribution is -0.156. The molecule has 210 valence electrons. The maximum Gasteiger partial charge on any atom is 0.312 e. The fourth-order valence-corrected chi connectivity index (χ4v) is 6.71. The Morgan fingerprint density at radius 1 is 1.12 bits per heavy atom. The van der Waals surface area contributed by atoms with Gasteiger partial charge in [0.1, 0.15) is 11.6 Å². The number of likely N-dealkylation sites (tertiary alicyclic amines) is 1. The SMILES string of the molecule is C=CCCOC(=O)[C@@H]1[C@@H]2CCC3(O2)C(C(=O)N(CC=C)Cc2ccccc2)N([C@H](CO)c2ccccc2)C(=O)[C@H]13. The second-order valence-corrected chi connectivity index (χ2v) is 10.6. The zero-order valence-electron chi connectivity index (χ0n) is 22.6. The molecule has 3 aliphatic heterocycles. The zero-order chi connectivity index (χ0) is 28.3. The van der Waals surface area contributed by atoms with Gasteiger partial charge in [-0.2, -0.15) is 0 Å². The molecule has 2 aromatic carbocycles. The van der Waals surface area contributed by atoms with Crippen molar-refractivity contribution in [3.63, 3.8) is 0 Å². The molecular formula is C32H36N2O6. The third kappa shape index (κ3) is 4.75. The van der Waals surface area contributed by atoms with E-state index in [1.54, 1.807) is 17.1 Å². The molecule has 0 aromatic heterocycles. The molecule has 2 aromatic rings. The first-order valence-electron chi connectivity index (χ1n) is 13.8. The van der Waals surface area contributed by atoms with Crippen LogP contribution >= 0.6 is 0 Å². The monoisotopic (exact) mass is 544 g/mol. The number of carbonyl (C=O) groups is 3. The van der Waals surface area contributed by atoms with Gasteiger partial charge in [0.2, 0.25) is 11.8 Å². The normalized spacial score (nSPS) is 27.2. The van der Waals surface area contributed by atoms with Gasteiger partial charge in [0.25, 0.3) is 0 Å². The first kappa shape index (κ1) is 27.8. The molecule has 2 unspecified atom stereocenters. The molecule has 2 amide bonds. The van der Waals surface area contributed by atoms with Gasteiger partial charge in [-0.25, -0.2) is 0 Å². The predicted octanol–water partition coefficient (Wildman–Crippen LogP) is 3.43. The molecule has 6 atom stereocenters. The number of aliphatic hydroxyl groups excluding tert-OH is 1. The summed E-state index contributed by atoms with van der Waals surface area (Å²) in [6.45, 7) is 7.87. The molecule has 8 nitrogen and oxygen atoms in total. The van der Waals surface area contributed by atoms with E-state index in [0.29, 0.717) is 31.4 Å². The van der Waals surface area contributed by atoms with Crippen LogP contribution in [-0.4, -0.2) is 70.2 Å². The average molecular weight is 545 g/mol. The number of hydrogen-bond acceptors (Lipinski definition) is 6. The van der Waals surface area contributed by atoms with Gasteiger partial charge in [-0.05, 0) is 30.4 Å². The molecule has 0 radical (unpaired) electrons. The highest BCUT2D eigenvalue weighted by atomic mass is 16.6. The molecule has 3 fully saturated rings. The maximum absolute atomic E-state index is 14.6. The Labute approximate surface area is 234 Å². The van der Waals surface area contributed by atoms with Crippen molar-refractivity contribution >= 4 is 17.8 Å². The van der Waals surface area contributed by atoms with Crippen molar-refractivity contribution in [3.8, 4) is 0 Å². The number of fused-ring (bicyclic) bond motifs is 1. The van der Waals surface area contributed by atoms with Crippen molar-refractivity contribution in [2.24, 2.45) is 11.8 Å². The summed E-state index contributed by atoms with van der Waals surface area (Å²) in [6.07, 6.45) is 4.31. The van der Waals surface area contributed by atoms with Crippen molar-refractivity contribution in [3.05, 3.63) is 97.1 Å². The Hall–Kier alpha value is -3.75. The summed E-state index contributed by atoms with van der Waals surface area (Å²) >= 11 is 0. The standard InChI is InChI=1S/C32H36N2O6/c1-3-5-19-39-31(38)26-25-16-17-32(40-25)27(26)29(36)34(24(21-35)23-14-10-7-11-15-23)28(32)30(37)33(18-4-2)20-22-12-8-6-9-13-22/h3-4,6-15,24-28,35H,1-2,5,16-21H2/t24-,25+,26-,27+,28?,32?/m1/s1. The van der Waals surface area contributed by atoms with Crippen LogP contribution in [0.2, 0.25) is 0 Å². The molecule has 40 heavy (non-hydrogen) atoms. The first-order valence-corrected chi connectivity index (χ1v) is 13.8. The molecule has 0 aliphatic carbocycles. The largest absolute Gasteiger partial charge is 0.465 e. The number of nitrogens with zero attached hydrogens (tertiary/aromatic N) is 2. The van der Waals surface area contributed by atoms with Crippen molar-refractivity contribution in [1.82, 2.24) is 9.80 Å². The molecule has 3 aliphatic rings. The molecular weight excluding hydrogens is 508 g/mol. The second kappa shape index (κ2) is 11.8. The summed E-state index contributed by atoms with van der Waals surface area (Å²) in [5, 5.41) is 10.6. The summed E-state index contributed by atoms with van der Waals surface area (Å²) in [7, 11) is 0. The quantitative estimate of drug-likeness (QED) is 0.250. The molecule has 3 saturated heterocycles. The number of amides is 2. The number of esters is 1. The Balaban J connectivity index is 1.57. The zero-order valence-corrected chi connectivity index (χ0v) is 22.6. The number of rotatable bonds is 12. The van der Waals surface area contributed by atoms with E-state index in [-0.39, 0.29) is 31.6 Å². The lowest BCUT2D eigenvalue weighted by Crippen LogP contribution is -2.57. The number of hydrogen-bond donors (Lipinski definition) is 1. The van der Waals surface area contributed by atoms with Gasteiger partial charge in [-0.1, -0.05) is 72.8 Å². The molecule has 1 N–H and O–H groups in total. The van der Waals surface area contributed by atoms with Gasteiger partial charge >= 0.3 is 5.97 Å². The van der Waals surface area contributed by atoms with E-state index >= 15 is 0 Å². The summed E-state index contributed by atoms with van der Waals surface area (Å²) in [6, 6.07) is 17.0. The topological polar surface area (TPSA) is 96.4 Å². The minimum Gasteiger partial charge on any atom is -0.465 e. The number of benzene rings is 2. The van der Waals surface area contributed by atoms with E-state index in [0.717, 1.165) is 5.56 Å². The Morgan fingerprint density at radius 2 is 1.82 bits per heavy atom. The van der Waals surface area contributed by atoms with E-state index in [1.165, 1.54) is 4.90 Å². The summed E-state index contributed by atoms with van der Waals surface area (Å²) in [4.78, 5) is 45.4. The van der Waals surface area contributed by atoms with E-state index in [2.05, 4.69) is 13.2 Å². The molecule has 8 heteroatoms. The summed E-state index contributed by atoms with van der Waals surface area (Å²) < 4.78 is 12.0. The van der Waals surface area contributed by atoms with Gasteiger partial charge in [-0.15, -0.1) is 13.2 Å². The minimum atomic E-state index is -1.20. The van der Waals surface area contributed by atoms with Crippen LogP contribution in [0.25, 0.3) is 0 Å². The fourth-order valence-electron chi connectivity index (χ4n) is 6.71. The number of aliphatic hydroxyl groups is 1. The van der Waals surface area contributed by atoms with E-state index in [4.69, 9.17) is 9.47 Å². The van der Waals surface area contributed by atoms with Crippen molar-refractivity contribution in [2.45, 2.75) is 49.6 Å². The van der Waals surface area contributed by atoms with Gasteiger partial charge in [0.15, 0.2) is 0 Å². The number of carbonyl (C=O) groups excluding carboxylic acids is 3. The fraction of sp³-hybridized carbons (Fsp3) is 0.406. The molecule has 2 bridgehead atoms. The Bertz CT molecular complexity index is 1250. The van der Waals surface area contributed by atoms with Crippen LogP contribution in [-0.2, 0) is 30.4 Å². The van der Waals surface area contributed by atoms with Crippen LogP contribution in [0, 0.1) is 11.8 Å². The van der Waals surface area contributed by atoms with Crippen molar-refractivity contribution < 1.29 is 29.0 Å². The Morgan fingerprint density at radius 3 is 2.48 bits per heavy atom. The van der Waals surface area contributed by atoms with E-state index in [9.17, 15) is 19.5 Å². The van der Waals surface area contributed by atoms with Crippen LogP contribution in [0.4, 0.5) is 0 Å². The smallest absolute Gasteiger partial charge is 0.312 e. The minimum absolute atomic E-state index is 0.166. The van der Waals surface area contributed by atoms with Gasteiger partial charge in [0.05, 0.1) is 37.2 Å². The highest BCUT2D eigenvalue weighted by Crippen LogP contribution is 2.60. The summed E-state index contributed by atoms with van der Waals surface area (Å²) in [5.74, 6) is -2.85. The predicted molar refractivity (Wildman–Crippen MR) is 149 cm³/mol. The summed E-state index contributed by atoms with van der Waals surface area (Å²) in [5.41, 5.74) is 0.439. The lowest BCUT2D eigenvalue weighted by Gasteiger charge is -2.39. The van der Waals surface area contributed by atoms with Crippen LogP contribution in [0.5, 0.6) is 0 Å². The lowest BCUT2D eigenvalue weighted by atomic mass is 9.70. The van der Waals surface area contributed by atoms with Crippen LogP contribution < -0.4 is 0 Å². The van der Waals surface area contributed by atoms with Gasteiger partial charge in [0, 0.05) is 13.1 Å². The molecule has 1 spiro atoms. The van der Waals surface area contributed by atoms with E-state index < -0.39 is 41.6 Å². The molecule has 0 saturated carbocycles. The van der Waals surface area contributed by atoms with Crippen LogP contribution in [0.15, 0.2) is 86.0 Å². The molecule has 5 rings (SSSR count). The number of ether oxygens (including phenoxy) is 2. The van der Waals surface area contributed by atoms with Crippen LogP contribution in [0.3, 0.4) is 0 Å². The van der Waals surface area contributed by atoms with Crippen LogP contribution in [0.1, 0.15) is 36.4 Å². The highest BCUT2D eigenvalue weighted by Gasteiger charge is 2.75. The highest BCUT2D eigenvalue weighted by molar-refractivity contribution is 5.98. The van der Waals surface area contributed by atoms with Crippen molar-refractivity contribution in [1.29, 1.82) is 0 Å². The second-order valence-electron chi connectivity index (χ2n) is 10.6. The molecule has 3 heterocycles. The first-order chi connectivity index (χ1) is 19.5. The van der Waals surface area contributed by atoms with E-state index in [1.807, 2.05) is 60.7 Å². The average Bonchev–Trinajstić information content (AvgIpc) is 3.62. The Kier molecular flexibility index (Phi) is 8.19. The maximum atomic E-state index is 14.6. The van der Waals surface area contributed by atoms with Gasteiger partial charge in [-0.3, -0.25) is 14.4 Å². The third-order valence-electron chi connectivity index (χ3n) is 8.38. The van der Waals surface area contributed by atoms with Crippen molar-refractivity contribution in [2.75, 3.05) is 19.8 Å².